The lowest BCUT2D eigenvalue weighted by Gasteiger charge is -2.07. The molecule has 22 nitrogen and oxygen atoms in total. The zero-order valence-corrected chi connectivity index (χ0v) is 74.5. The van der Waals surface area contributed by atoms with E-state index in [4.69, 9.17) is 86.0 Å². The van der Waals surface area contributed by atoms with Gasteiger partial charge in [0.05, 0.1) is 55.1 Å². The first kappa shape index (κ1) is 92.2. The number of carbonyl (C=O) groups excluding carboxylic acids is 4. The van der Waals surface area contributed by atoms with Gasteiger partial charge in [0, 0.05) is 71.0 Å². The van der Waals surface area contributed by atoms with Crippen molar-refractivity contribution in [3.05, 3.63) is 377 Å². The van der Waals surface area contributed by atoms with Crippen LogP contribution >= 0.6 is 94.2 Å². The Balaban J connectivity index is 0.000000151. The molecule has 17 rings (SSSR count). The molecular formula is C94H76Br3Cl4N13O9. The second-order valence-electron chi connectivity index (χ2n) is 26.6. The number of benzene rings is 9. The van der Waals surface area contributed by atoms with Crippen LogP contribution in [0.4, 0.5) is 22.7 Å². The smallest absolute Gasteiger partial charge is 0.255 e. The maximum Gasteiger partial charge on any atom is 0.255 e. The molecule has 620 valence electrons. The van der Waals surface area contributed by atoms with Crippen LogP contribution in [0.2, 0.25) is 10.3 Å². The average molecular weight is 1910 g/mol. The number of oxazole rings is 3. The summed E-state index contributed by atoms with van der Waals surface area (Å²) < 4.78 is 29.4. The van der Waals surface area contributed by atoms with Crippen LogP contribution in [0.5, 0.6) is 11.5 Å². The molecule has 0 spiro atoms. The molecule has 0 bridgehead atoms. The van der Waals surface area contributed by atoms with Crippen molar-refractivity contribution in [1.29, 1.82) is 5.41 Å². The molecule has 0 unspecified atom stereocenters. The Labute approximate surface area is 753 Å². The van der Waals surface area contributed by atoms with Crippen LogP contribution in [-0.4, -0.2) is 82.1 Å². The Hall–Kier alpha value is -13.1. The van der Waals surface area contributed by atoms with Crippen molar-refractivity contribution in [3.63, 3.8) is 0 Å². The van der Waals surface area contributed by atoms with E-state index in [0.717, 1.165) is 69.0 Å². The zero-order valence-electron chi connectivity index (χ0n) is 66.8. The molecule has 8 aromatic heterocycles. The minimum absolute atomic E-state index is 0.208. The Bertz CT molecular complexity index is 6350. The van der Waals surface area contributed by atoms with Gasteiger partial charge >= 0.3 is 0 Å². The molecule has 8 heterocycles. The molecule has 29 heteroatoms. The summed E-state index contributed by atoms with van der Waals surface area (Å²) in [6, 6.07) is 80.3. The molecule has 9 aromatic carbocycles. The molecule has 17 aromatic rings. The number of rotatable bonds is 13. The highest BCUT2D eigenvalue weighted by atomic mass is 79.9. The van der Waals surface area contributed by atoms with Gasteiger partial charge in [-0.3, -0.25) is 24.6 Å². The van der Waals surface area contributed by atoms with Crippen LogP contribution in [0, 0.1) is 40.0 Å². The number of hydrogen-bond donors (Lipinski definition) is 5. The highest BCUT2D eigenvalue weighted by molar-refractivity contribution is 9.11. The number of halogens is 7. The van der Waals surface area contributed by atoms with Crippen LogP contribution < -0.4 is 31.6 Å². The van der Waals surface area contributed by atoms with Crippen LogP contribution in [0.15, 0.2) is 319 Å². The van der Waals surface area contributed by atoms with E-state index in [9.17, 15) is 19.2 Å². The van der Waals surface area contributed by atoms with E-state index < -0.39 is 10.5 Å². The lowest BCUT2D eigenvalue weighted by molar-refractivity contribution is 0.101. The summed E-state index contributed by atoms with van der Waals surface area (Å²) in [5.41, 5.74) is 29.7. The Morgan fingerprint density at radius 2 is 0.748 bits per heavy atom. The van der Waals surface area contributed by atoms with Crippen molar-refractivity contribution in [2.45, 2.75) is 34.6 Å². The van der Waals surface area contributed by atoms with E-state index in [2.05, 4.69) is 98.3 Å². The summed E-state index contributed by atoms with van der Waals surface area (Å²) >= 11 is 31.7. The molecule has 0 saturated heterocycles. The van der Waals surface area contributed by atoms with Gasteiger partial charge in [-0.2, -0.15) is 0 Å². The first-order valence-corrected chi connectivity index (χ1v) is 41.0. The lowest BCUT2D eigenvalue weighted by Crippen LogP contribution is -2.12. The molecule has 123 heavy (non-hydrogen) atoms. The number of carbonyl (C=O) groups is 4. The summed E-state index contributed by atoms with van der Waals surface area (Å²) in [4.78, 5) is 79.1. The summed E-state index contributed by atoms with van der Waals surface area (Å²) in [5.74, 6) is 2.64. The van der Waals surface area contributed by atoms with E-state index in [0.29, 0.717) is 113 Å². The molecule has 7 N–H and O–H groups in total. The fraction of sp³-hybridized carbons (Fsp3) is 0.0745. The summed E-state index contributed by atoms with van der Waals surface area (Å²) in [5, 5.41) is 13.3. The quantitative estimate of drug-likeness (QED) is 0.0407. The fourth-order valence-electron chi connectivity index (χ4n) is 11.0. The minimum Gasteiger partial charge on any atom is -0.497 e. The van der Waals surface area contributed by atoms with Crippen molar-refractivity contribution in [3.8, 4) is 45.9 Å². The van der Waals surface area contributed by atoms with Gasteiger partial charge in [0.25, 0.3) is 22.3 Å². The third kappa shape index (κ3) is 28.2. The number of aryl methyl sites for hydroxylation is 5. The van der Waals surface area contributed by atoms with Crippen LogP contribution in [0.3, 0.4) is 0 Å². The zero-order chi connectivity index (χ0) is 88.1. The van der Waals surface area contributed by atoms with Gasteiger partial charge in [0.1, 0.15) is 28.0 Å². The molecular weight excluding hydrogens is 1840 g/mol. The standard InChI is InChI=1S/C21H17N3O3.C13H10BrClN2O.C13H9BrN2O.C13H11N3O.C13H11N.C8H7ClO2.C8H7ClO.C5H4BrClN2/c1-13-4-3-5-15(10-13)20-24-18-11-16(12-22-21(18)27-20)23-19(25)14-6-8-17(26-2)9-7-14;1-8-3-2-4-9(5-8)13(18)17-11-6-10(14)7-16-12(11)15;2*1-8-3-2-4-9(5-8)12-16-11-6-10(14)7-15-13(11)17-12;14-13(11-7-3-1-4-8-11)12-9-5-2-6-10-12;1-11-7-4-2-6(3-5-7)8(9)10;1-6-3-2-4-7(5-6)8(9)10;6-3-1-4(8)5(7)9-2-3/h3-12H,1-2H3,(H,23,25);2-7H,1H3,(H,17,18);2-7H,1H3;2-7H,14H2,1H3;1-10,14H;2-5H,1H3;2-5H,1H3;1-2H,8H2. The van der Waals surface area contributed by atoms with Crippen LogP contribution in [0.25, 0.3) is 68.1 Å². The molecule has 0 aliphatic heterocycles. The van der Waals surface area contributed by atoms with Gasteiger partial charge in [-0.25, -0.2) is 39.9 Å². The Kier molecular flexibility index (Phi) is 34.1. The second-order valence-corrected chi connectivity index (χ2v) is 30.7. The largest absolute Gasteiger partial charge is 0.497 e. The Morgan fingerprint density at radius 3 is 1.19 bits per heavy atom. The maximum absolute atomic E-state index is 12.4. The first-order chi connectivity index (χ1) is 59.1. The van der Waals surface area contributed by atoms with Gasteiger partial charge in [0.2, 0.25) is 34.8 Å². The average Bonchev–Trinajstić information content (AvgIpc) is 1.68. The molecule has 2 amide bonds. The number of ether oxygens (including phenoxy) is 2. The lowest BCUT2D eigenvalue weighted by atomic mass is 10.0. The summed E-state index contributed by atoms with van der Waals surface area (Å²) in [6.45, 7) is 9.94. The van der Waals surface area contributed by atoms with Crippen molar-refractivity contribution in [2.75, 3.05) is 36.3 Å². The third-order valence-corrected chi connectivity index (χ3v) is 19.3. The Morgan fingerprint density at radius 1 is 0.374 bits per heavy atom. The SMILES string of the molecule is COc1ccc(C(=O)Cl)cc1.COc1ccc(C(=O)Nc2cnc3oc(-c4cccc(C)c4)nc3c2)cc1.Cc1cccc(-c2nc3cc(Br)cnc3o2)c1.Cc1cccc(-c2nc3cc(N)cnc3o2)c1.Cc1cccc(C(=O)Cl)c1.Cc1cccc(C(=O)Nc2cc(Br)cnc2Cl)c1.N=C(c1ccccc1)c1ccccc1.Nc1cc(Br)cnc1Cl. The summed E-state index contributed by atoms with van der Waals surface area (Å²) in [7, 11) is 3.15. The number of hydrogen-bond acceptors (Lipinski definition) is 20. The van der Waals surface area contributed by atoms with Crippen molar-refractivity contribution in [1.82, 2.24) is 39.9 Å². The molecule has 0 saturated carbocycles. The fourth-order valence-corrected chi connectivity index (χ4v) is 12.5. The van der Waals surface area contributed by atoms with E-state index in [1.165, 1.54) is 5.56 Å². The molecule has 0 aliphatic carbocycles. The number of anilines is 4. The molecule has 0 radical (unpaired) electrons. The number of methoxy groups -OCH3 is 2. The van der Waals surface area contributed by atoms with Crippen LogP contribution in [-0.2, 0) is 0 Å². The van der Waals surface area contributed by atoms with Crippen molar-refractivity contribution < 1.29 is 41.9 Å². The van der Waals surface area contributed by atoms with E-state index in [1.807, 2.05) is 204 Å². The molecule has 0 aliphatic rings. The van der Waals surface area contributed by atoms with Gasteiger partial charge in [0.15, 0.2) is 10.3 Å². The number of fused-ring (bicyclic) bond motifs is 3. The predicted molar refractivity (Wildman–Crippen MR) is 500 cm³/mol. The molecule has 0 fully saturated rings. The predicted octanol–water partition coefficient (Wildman–Crippen LogP) is 24.9. The second kappa shape index (κ2) is 45.5. The number of nitrogens with zero attached hydrogens (tertiary/aromatic N) is 8. The van der Waals surface area contributed by atoms with Crippen molar-refractivity contribution >= 4 is 179 Å². The van der Waals surface area contributed by atoms with Gasteiger partial charge in [-0.1, -0.05) is 178 Å². The maximum atomic E-state index is 12.4. The van der Waals surface area contributed by atoms with E-state index >= 15 is 0 Å². The number of pyridine rings is 5. The highest BCUT2D eigenvalue weighted by Crippen LogP contribution is 2.30. The highest BCUT2D eigenvalue weighted by Gasteiger charge is 2.16. The van der Waals surface area contributed by atoms with Gasteiger partial charge in [-0.05, 0) is 250 Å². The number of nitrogens with two attached hydrogens (primary N) is 2. The van der Waals surface area contributed by atoms with Gasteiger partial charge in [-0.15, -0.1) is 0 Å². The number of nitrogens with one attached hydrogen (secondary N) is 3. The van der Waals surface area contributed by atoms with Crippen molar-refractivity contribution in [2.24, 2.45) is 0 Å². The number of aromatic nitrogens is 8. The minimum atomic E-state index is -0.451. The monoisotopic (exact) mass is 1910 g/mol. The van der Waals surface area contributed by atoms with Gasteiger partial charge < -0.3 is 44.8 Å². The topological polar surface area (TPSA) is 329 Å². The van der Waals surface area contributed by atoms with Crippen LogP contribution in [0.1, 0.15) is 80.4 Å². The first-order valence-electron chi connectivity index (χ1n) is 37.1. The van der Waals surface area contributed by atoms with E-state index in [-0.39, 0.29) is 17.0 Å². The van der Waals surface area contributed by atoms with E-state index in [1.54, 1.807) is 136 Å². The summed E-state index contributed by atoms with van der Waals surface area (Å²) in [6.07, 6.45) is 7.99. The number of amides is 2. The number of nitrogen functional groups attached to an aromatic ring is 2. The normalized spacial score (nSPS) is 10.3. The molecule has 0 atom stereocenters. The third-order valence-electron chi connectivity index (χ3n) is 17.0.